The van der Waals surface area contributed by atoms with Gasteiger partial charge in [0.25, 0.3) is 0 Å². The summed E-state index contributed by atoms with van der Waals surface area (Å²) in [6, 6.07) is 19.1. The van der Waals surface area contributed by atoms with Crippen LogP contribution >= 0.6 is 0 Å². The number of halogens is 1. The first-order chi connectivity index (χ1) is 10.3. The standard InChI is InChI=1S/C19H13FO/c20-17-11-15(12-6-2-1-3-7-12)16-10-13-8-4-5-9-14(13)18(16)19(17)21/h1-9,11,21H,10H2. The van der Waals surface area contributed by atoms with E-state index >= 15 is 0 Å². The van der Waals surface area contributed by atoms with Gasteiger partial charge in [-0.3, -0.25) is 0 Å². The summed E-state index contributed by atoms with van der Waals surface area (Å²) in [5.74, 6) is -0.807. The molecule has 0 saturated carbocycles. The highest BCUT2D eigenvalue weighted by Crippen LogP contribution is 2.47. The van der Waals surface area contributed by atoms with Crippen molar-refractivity contribution in [1.29, 1.82) is 0 Å². The second kappa shape index (κ2) is 4.45. The lowest BCUT2D eigenvalue weighted by molar-refractivity contribution is 0.434. The lowest BCUT2D eigenvalue weighted by atomic mass is 9.94. The number of benzene rings is 3. The molecule has 0 spiro atoms. The molecule has 102 valence electrons. The fraction of sp³-hybridized carbons (Fsp3) is 0.0526. The number of rotatable bonds is 1. The molecule has 0 aliphatic heterocycles. The molecule has 4 rings (SSSR count). The molecule has 0 unspecified atom stereocenters. The van der Waals surface area contributed by atoms with E-state index in [0.717, 1.165) is 34.2 Å². The zero-order valence-corrected chi connectivity index (χ0v) is 11.3. The first kappa shape index (κ1) is 12.2. The molecule has 1 aliphatic carbocycles. The Bertz CT molecular complexity index is 838. The molecule has 0 saturated heterocycles. The highest BCUT2D eigenvalue weighted by atomic mass is 19.1. The van der Waals surface area contributed by atoms with Gasteiger partial charge in [0.05, 0.1) is 0 Å². The Balaban J connectivity index is 2.04. The summed E-state index contributed by atoms with van der Waals surface area (Å²) < 4.78 is 14.2. The Kier molecular flexibility index (Phi) is 2.58. The summed E-state index contributed by atoms with van der Waals surface area (Å²) in [6.07, 6.45) is 0.726. The quantitative estimate of drug-likeness (QED) is 0.531. The first-order valence-corrected chi connectivity index (χ1v) is 6.94. The van der Waals surface area contributed by atoms with E-state index in [1.807, 2.05) is 54.6 Å². The van der Waals surface area contributed by atoms with Gasteiger partial charge in [-0.2, -0.15) is 0 Å². The predicted molar refractivity (Wildman–Crippen MR) is 81.7 cm³/mol. The Hall–Kier alpha value is -2.61. The van der Waals surface area contributed by atoms with Gasteiger partial charge in [-0.25, -0.2) is 4.39 Å². The zero-order chi connectivity index (χ0) is 14.4. The molecule has 1 N–H and O–H groups in total. The van der Waals surface area contributed by atoms with E-state index in [-0.39, 0.29) is 5.75 Å². The largest absolute Gasteiger partial charge is 0.504 e. The lowest BCUT2D eigenvalue weighted by Gasteiger charge is -2.11. The number of fused-ring (bicyclic) bond motifs is 3. The molecular formula is C19H13FO. The van der Waals surface area contributed by atoms with Crippen LogP contribution < -0.4 is 0 Å². The Morgan fingerprint density at radius 1 is 0.857 bits per heavy atom. The maximum absolute atomic E-state index is 14.2. The molecule has 3 aromatic rings. The summed E-state index contributed by atoms with van der Waals surface area (Å²) in [4.78, 5) is 0. The minimum absolute atomic E-state index is 0.241. The van der Waals surface area contributed by atoms with Crippen molar-refractivity contribution in [2.75, 3.05) is 0 Å². The highest BCUT2D eigenvalue weighted by Gasteiger charge is 2.26. The molecule has 0 bridgehead atoms. The third-order valence-corrected chi connectivity index (χ3v) is 4.10. The van der Waals surface area contributed by atoms with Gasteiger partial charge >= 0.3 is 0 Å². The van der Waals surface area contributed by atoms with Crippen LogP contribution in [-0.4, -0.2) is 5.11 Å². The van der Waals surface area contributed by atoms with Gasteiger partial charge in [0.15, 0.2) is 11.6 Å². The van der Waals surface area contributed by atoms with E-state index in [0.29, 0.717) is 5.56 Å². The van der Waals surface area contributed by atoms with Crippen molar-refractivity contribution in [2.45, 2.75) is 6.42 Å². The van der Waals surface area contributed by atoms with Gasteiger partial charge in [-0.15, -0.1) is 0 Å². The molecule has 0 atom stereocenters. The van der Waals surface area contributed by atoms with Crippen LogP contribution in [0.1, 0.15) is 11.1 Å². The Labute approximate surface area is 122 Å². The van der Waals surface area contributed by atoms with E-state index in [1.165, 1.54) is 6.07 Å². The van der Waals surface area contributed by atoms with Crippen LogP contribution in [0.15, 0.2) is 60.7 Å². The summed E-state index contributed by atoms with van der Waals surface area (Å²) >= 11 is 0. The zero-order valence-electron chi connectivity index (χ0n) is 11.3. The van der Waals surface area contributed by atoms with Crippen LogP contribution in [0.3, 0.4) is 0 Å². The minimum Gasteiger partial charge on any atom is -0.504 e. The smallest absolute Gasteiger partial charge is 0.166 e. The van der Waals surface area contributed by atoms with Crippen LogP contribution in [0.4, 0.5) is 4.39 Å². The van der Waals surface area contributed by atoms with E-state index in [9.17, 15) is 9.50 Å². The van der Waals surface area contributed by atoms with Crippen molar-refractivity contribution in [3.63, 3.8) is 0 Å². The van der Waals surface area contributed by atoms with Crippen molar-refractivity contribution in [3.8, 4) is 28.0 Å². The molecule has 2 heteroatoms. The Morgan fingerprint density at radius 3 is 2.38 bits per heavy atom. The van der Waals surface area contributed by atoms with Crippen molar-refractivity contribution in [2.24, 2.45) is 0 Å². The number of hydrogen-bond acceptors (Lipinski definition) is 1. The molecule has 0 radical (unpaired) electrons. The van der Waals surface area contributed by atoms with Gasteiger partial charge in [-0.05, 0) is 40.3 Å². The summed E-state index contributed by atoms with van der Waals surface area (Å²) in [6.45, 7) is 0. The second-order valence-corrected chi connectivity index (χ2v) is 5.31. The van der Waals surface area contributed by atoms with Gasteiger partial charge in [0.1, 0.15) is 0 Å². The van der Waals surface area contributed by atoms with Crippen LogP contribution in [0.5, 0.6) is 5.75 Å². The van der Waals surface area contributed by atoms with Crippen LogP contribution in [0, 0.1) is 5.82 Å². The second-order valence-electron chi connectivity index (χ2n) is 5.31. The molecule has 0 aromatic heterocycles. The normalized spacial score (nSPS) is 12.0. The van der Waals surface area contributed by atoms with Gasteiger partial charge in [0.2, 0.25) is 0 Å². The first-order valence-electron chi connectivity index (χ1n) is 6.94. The highest BCUT2D eigenvalue weighted by molar-refractivity contribution is 5.88. The fourth-order valence-electron chi connectivity index (χ4n) is 3.14. The van der Waals surface area contributed by atoms with Gasteiger partial charge < -0.3 is 5.11 Å². The fourth-order valence-corrected chi connectivity index (χ4v) is 3.14. The molecule has 3 aromatic carbocycles. The van der Waals surface area contributed by atoms with E-state index in [2.05, 4.69) is 0 Å². The van der Waals surface area contributed by atoms with Crippen molar-refractivity contribution >= 4 is 0 Å². The molecule has 0 fully saturated rings. The lowest BCUT2D eigenvalue weighted by Crippen LogP contribution is -1.91. The van der Waals surface area contributed by atoms with E-state index in [4.69, 9.17) is 0 Å². The maximum atomic E-state index is 14.2. The SMILES string of the molecule is Oc1c(F)cc(-c2ccccc2)c2c1-c1ccccc1C2. The molecule has 0 amide bonds. The average molecular weight is 276 g/mol. The third-order valence-electron chi connectivity index (χ3n) is 4.10. The van der Waals surface area contributed by atoms with Crippen molar-refractivity contribution in [1.82, 2.24) is 0 Å². The average Bonchev–Trinajstić information content (AvgIpc) is 2.91. The third kappa shape index (κ3) is 1.76. The summed E-state index contributed by atoms with van der Waals surface area (Å²) in [7, 11) is 0. The van der Waals surface area contributed by atoms with Gasteiger partial charge in [-0.1, -0.05) is 54.6 Å². The van der Waals surface area contributed by atoms with E-state index in [1.54, 1.807) is 0 Å². The summed E-state index contributed by atoms with van der Waals surface area (Å²) in [5, 5.41) is 10.2. The molecule has 1 aliphatic rings. The molecule has 21 heavy (non-hydrogen) atoms. The van der Waals surface area contributed by atoms with Gasteiger partial charge in [0, 0.05) is 5.56 Å². The number of phenols is 1. The number of phenolic OH excluding ortho intramolecular Hbond substituents is 1. The monoisotopic (exact) mass is 276 g/mol. The molecule has 1 nitrogen and oxygen atoms in total. The maximum Gasteiger partial charge on any atom is 0.166 e. The predicted octanol–water partition coefficient (Wildman–Crippen LogP) is 4.77. The topological polar surface area (TPSA) is 20.2 Å². The minimum atomic E-state index is -0.565. The van der Waals surface area contributed by atoms with Crippen LogP contribution in [-0.2, 0) is 6.42 Å². The van der Waals surface area contributed by atoms with E-state index < -0.39 is 5.82 Å². The van der Waals surface area contributed by atoms with Crippen LogP contribution in [0.2, 0.25) is 0 Å². The van der Waals surface area contributed by atoms with Crippen molar-refractivity contribution in [3.05, 3.63) is 77.6 Å². The Morgan fingerprint density at radius 2 is 1.57 bits per heavy atom. The van der Waals surface area contributed by atoms with Crippen LogP contribution in [0.25, 0.3) is 22.3 Å². The number of hydrogen-bond donors (Lipinski definition) is 1. The molecule has 0 heterocycles. The number of aromatic hydroxyl groups is 1. The van der Waals surface area contributed by atoms with Crippen molar-refractivity contribution < 1.29 is 9.50 Å². The molecular weight excluding hydrogens is 263 g/mol. The summed E-state index contributed by atoms with van der Waals surface area (Å²) in [5.41, 5.74) is 5.54.